The largest absolute Gasteiger partial charge is 0.352 e. The van der Waals surface area contributed by atoms with E-state index in [1.165, 1.54) is 6.42 Å². The van der Waals surface area contributed by atoms with Crippen LogP contribution in [0, 0.1) is 0 Å². The van der Waals surface area contributed by atoms with Crippen LogP contribution in [0.5, 0.6) is 0 Å². The first-order valence-corrected chi connectivity index (χ1v) is 9.71. The highest BCUT2D eigenvalue weighted by Gasteiger charge is 2.27. The van der Waals surface area contributed by atoms with Gasteiger partial charge in [-0.15, -0.1) is 0 Å². The van der Waals surface area contributed by atoms with E-state index in [1.54, 1.807) is 30.9 Å². The van der Waals surface area contributed by atoms with E-state index in [0.717, 1.165) is 31.2 Å². The summed E-state index contributed by atoms with van der Waals surface area (Å²) in [6.45, 7) is 3.92. The third-order valence-corrected chi connectivity index (χ3v) is 5.50. The molecule has 1 aromatic rings. The molecule has 1 unspecified atom stereocenters. The van der Waals surface area contributed by atoms with Crippen molar-refractivity contribution >= 4 is 35.0 Å². The van der Waals surface area contributed by atoms with Crippen molar-refractivity contribution in [1.82, 2.24) is 10.2 Å². The lowest BCUT2D eigenvalue weighted by molar-refractivity contribution is -0.140. The molecule has 1 N–H and O–H groups in total. The molecule has 0 aromatic heterocycles. The summed E-state index contributed by atoms with van der Waals surface area (Å²) in [6.07, 6.45) is 5.93. The minimum Gasteiger partial charge on any atom is -0.352 e. The Morgan fingerprint density at radius 1 is 1.20 bits per heavy atom. The van der Waals surface area contributed by atoms with Crippen molar-refractivity contribution in [3.8, 4) is 0 Å². The molecule has 25 heavy (non-hydrogen) atoms. The normalized spacial score (nSPS) is 16.3. The Labute approximate surface area is 159 Å². The molecule has 0 radical (unpaired) electrons. The number of carbonyl (C=O) groups excluding carboxylic acids is 2. The van der Waals surface area contributed by atoms with Crippen molar-refractivity contribution in [3.05, 3.63) is 33.8 Å². The van der Waals surface area contributed by atoms with Crippen LogP contribution in [0.1, 0.15) is 57.9 Å². The van der Waals surface area contributed by atoms with Crippen molar-refractivity contribution in [2.75, 3.05) is 0 Å². The van der Waals surface area contributed by atoms with Crippen molar-refractivity contribution in [3.63, 3.8) is 0 Å². The number of amides is 2. The molecule has 2 rings (SSSR count). The Balaban J connectivity index is 2.07. The molecular formula is C19H26Cl2N2O2. The van der Waals surface area contributed by atoms with Crippen molar-refractivity contribution in [2.24, 2.45) is 0 Å². The molecule has 0 aliphatic heterocycles. The van der Waals surface area contributed by atoms with Gasteiger partial charge in [-0.2, -0.15) is 0 Å². The first-order valence-electron chi connectivity index (χ1n) is 8.96. The molecule has 1 fully saturated rings. The lowest BCUT2D eigenvalue weighted by atomic mass is 9.95. The molecule has 2 amide bonds. The topological polar surface area (TPSA) is 49.4 Å². The Hall–Kier alpha value is -1.26. The maximum atomic E-state index is 12.6. The lowest BCUT2D eigenvalue weighted by Crippen LogP contribution is -2.50. The van der Waals surface area contributed by atoms with Crippen LogP contribution in [0.25, 0.3) is 0 Å². The fourth-order valence-electron chi connectivity index (χ4n) is 3.19. The number of hydrogen-bond acceptors (Lipinski definition) is 2. The number of rotatable bonds is 6. The molecule has 0 bridgehead atoms. The number of nitrogens with one attached hydrogen (secondary N) is 1. The average molecular weight is 385 g/mol. The summed E-state index contributed by atoms with van der Waals surface area (Å²) >= 11 is 12.0. The molecule has 0 heterocycles. The third kappa shape index (κ3) is 5.61. The second-order valence-corrected chi connectivity index (χ2v) is 7.46. The van der Waals surface area contributed by atoms with Crippen LogP contribution in [-0.4, -0.2) is 28.8 Å². The van der Waals surface area contributed by atoms with Gasteiger partial charge in [-0.3, -0.25) is 9.59 Å². The van der Waals surface area contributed by atoms with Crippen molar-refractivity contribution in [2.45, 2.75) is 71.0 Å². The Kier molecular flexibility index (Phi) is 7.57. The maximum absolute atomic E-state index is 12.6. The quantitative estimate of drug-likeness (QED) is 0.780. The molecule has 1 aliphatic carbocycles. The van der Waals surface area contributed by atoms with E-state index in [-0.39, 0.29) is 17.9 Å². The van der Waals surface area contributed by atoms with Crippen LogP contribution in [0.3, 0.4) is 0 Å². The summed E-state index contributed by atoms with van der Waals surface area (Å²) in [4.78, 5) is 26.6. The van der Waals surface area contributed by atoms with E-state index >= 15 is 0 Å². The monoisotopic (exact) mass is 384 g/mol. The van der Waals surface area contributed by atoms with Gasteiger partial charge in [0.05, 0.1) is 10.0 Å². The molecular weight excluding hydrogens is 359 g/mol. The number of nitrogens with zero attached hydrogens (tertiary/aromatic N) is 1. The summed E-state index contributed by atoms with van der Waals surface area (Å²) in [5, 5.41) is 4.02. The number of hydrogen-bond donors (Lipinski definition) is 1. The highest BCUT2D eigenvalue weighted by atomic mass is 35.5. The van der Waals surface area contributed by atoms with Crippen molar-refractivity contribution < 1.29 is 9.59 Å². The molecule has 1 aliphatic rings. The third-order valence-electron chi connectivity index (χ3n) is 4.76. The zero-order valence-electron chi connectivity index (χ0n) is 14.9. The molecule has 0 spiro atoms. The number of carbonyl (C=O) groups is 2. The van der Waals surface area contributed by atoms with Crippen LogP contribution in [-0.2, 0) is 16.1 Å². The van der Waals surface area contributed by atoms with Gasteiger partial charge in [0.1, 0.15) is 6.04 Å². The SMILES string of the molecule is CCC(=O)N(Cc1ccc(Cl)c(Cl)c1)C(C)C(=O)NC1CCCCC1. The number of benzene rings is 1. The summed E-state index contributed by atoms with van der Waals surface area (Å²) < 4.78 is 0. The van der Waals surface area contributed by atoms with Gasteiger partial charge in [0.15, 0.2) is 0 Å². The summed E-state index contributed by atoms with van der Waals surface area (Å²) in [5.41, 5.74) is 0.855. The fraction of sp³-hybridized carbons (Fsp3) is 0.579. The zero-order valence-corrected chi connectivity index (χ0v) is 16.4. The zero-order chi connectivity index (χ0) is 18.4. The van der Waals surface area contributed by atoms with E-state index < -0.39 is 6.04 Å². The van der Waals surface area contributed by atoms with Crippen LogP contribution in [0.2, 0.25) is 10.0 Å². The Morgan fingerprint density at radius 3 is 2.48 bits per heavy atom. The van der Waals surface area contributed by atoms with E-state index in [2.05, 4.69) is 5.32 Å². The summed E-state index contributed by atoms with van der Waals surface area (Å²) in [7, 11) is 0. The van der Waals surface area contributed by atoms with E-state index in [9.17, 15) is 9.59 Å². The molecule has 1 aromatic carbocycles. The van der Waals surface area contributed by atoms with Gasteiger partial charge in [0, 0.05) is 19.0 Å². The molecule has 1 saturated carbocycles. The predicted molar refractivity (Wildman–Crippen MR) is 102 cm³/mol. The van der Waals surface area contributed by atoms with Crippen LogP contribution in [0.4, 0.5) is 0 Å². The Bertz CT molecular complexity index is 615. The molecule has 1 atom stereocenters. The van der Waals surface area contributed by atoms with Gasteiger partial charge in [0.25, 0.3) is 0 Å². The average Bonchev–Trinajstić information content (AvgIpc) is 2.62. The van der Waals surface area contributed by atoms with Gasteiger partial charge in [-0.05, 0) is 37.5 Å². The van der Waals surface area contributed by atoms with Gasteiger partial charge < -0.3 is 10.2 Å². The summed E-state index contributed by atoms with van der Waals surface area (Å²) in [6, 6.07) is 4.98. The lowest BCUT2D eigenvalue weighted by Gasteiger charge is -2.31. The van der Waals surface area contributed by atoms with Crippen LogP contribution >= 0.6 is 23.2 Å². The first kappa shape index (κ1) is 20.1. The minimum absolute atomic E-state index is 0.0580. The van der Waals surface area contributed by atoms with E-state index in [1.807, 2.05) is 6.07 Å². The summed E-state index contributed by atoms with van der Waals surface area (Å²) in [5.74, 6) is -0.147. The predicted octanol–water partition coefficient (Wildman–Crippen LogP) is 4.57. The molecule has 6 heteroatoms. The number of halogens is 2. The van der Waals surface area contributed by atoms with Gasteiger partial charge in [-0.1, -0.05) is 55.5 Å². The minimum atomic E-state index is -0.524. The standard InChI is InChI=1S/C19H26Cl2N2O2/c1-3-18(24)23(12-14-9-10-16(20)17(21)11-14)13(2)19(25)22-15-7-5-4-6-8-15/h9-11,13,15H,3-8,12H2,1-2H3,(H,22,25). The highest BCUT2D eigenvalue weighted by Crippen LogP contribution is 2.24. The molecule has 0 saturated heterocycles. The Morgan fingerprint density at radius 2 is 1.88 bits per heavy atom. The van der Waals surface area contributed by atoms with Crippen LogP contribution in [0.15, 0.2) is 18.2 Å². The molecule has 4 nitrogen and oxygen atoms in total. The van der Waals surface area contributed by atoms with Crippen LogP contribution < -0.4 is 5.32 Å². The van der Waals surface area contributed by atoms with Gasteiger partial charge in [-0.25, -0.2) is 0 Å². The van der Waals surface area contributed by atoms with Gasteiger partial charge in [0.2, 0.25) is 11.8 Å². The fourth-order valence-corrected chi connectivity index (χ4v) is 3.51. The first-order chi connectivity index (χ1) is 11.9. The second kappa shape index (κ2) is 9.44. The van der Waals surface area contributed by atoms with E-state index in [4.69, 9.17) is 23.2 Å². The van der Waals surface area contributed by atoms with Gasteiger partial charge >= 0.3 is 0 Å². The molecule has 138 valence electrons. The van der Waals surface area contributed by atoms with Crippen molar-refractivity contribution in [1.29, 1.82) is 0 Å². The second-order valence-electron chi connectivity index (χ2n) is 6.64. The highest BCUT2D eigenvalue weighted by molar-refractivity contribution is 6.42. The maximum Gasteiger partial charge on any atom is 0.242 e. The van der Waals surface area contributed by atoms with E-state index in [0.29, 0.717) is 23.0 Å². The smallest absolute Gasteiger partial charge is 0.242 e.